The average Bonchev–Trinajstić information content (AvgIpc) is 2.77. The second-order valence-electron chi connectivity index (χ2n) is 5.35. The number of thiophene rings is 1. The fourth-order valence-corrected chi connectivity index (χ4v) is 4.37. The van der Waals surface area contributed by atoms with Crippen LogP contribution in [0.5, 0.6) is 0 Å². The number of hydrogen-bond donors (Lipinski definition) is 1. The first-order valence-electron chi connectivity index (χ1n) is 6.39. The molecule has 1 aromatic heterocycles. The number of rotatable bonds is 5. The molecule has 0 bridgehead atoms. The fraction of sp³-hybridized carbons (Fsp3) is 0.714. The lowest BCUT2D eigenvalue weighted by molar-refractivity contribution is 0.0163. The van der Waals surface area contributed by atoms with Gasteiger partial charge in [-0.05, 0) is 36.8 Å². The van der Waals surface area contributed by atoms with E-state index in [1.165, 1.54) is 25.7 Å². The standard InChI is InChI=1S/C14H23NS/c1-4-13(5-2)9-14(10-13,11-15-3)12-7-6-8-16-12/h6-8,15H,4-5,9-11H2,1-3H3. The minimum Gasteiger partial charge on any atom is -0.319 e. The monoisotopic (exact) mass is 237 g/mol. The summed E-state index contributed by atoms with van der Waals surface area (Å²) in [6.07, 6.45) is 5.41. The first-order chi connectivity index (χ1) is 7.70. The molecule has 0 aliphatic heterocycles. The van der Waals surface area contributed by atoms with Gasteiger partial charge in [0, 0.05) is 16.8 Å². The zero-order valence-corrected chi connectivity index (χ0v) is 11.5. The van der Waals surface area contributed by atoms with Gasteiger partial charge in [0.05, 0.1) is 0 Å². The largest absolute Gasteiger partial charge is 0.319 e. The predicted octanol–water partition coefficient (Wildman–Crippen LogP) is 3.81. The van der Waals surface area contributed by atoms with Gasteiger partial charge in [-0.1, -0.05) is 32.8 Å². The van der Waals surface area contributed by atoms with Crippen molar-refractivity contribution in [2.75, 3.05) is 13.6 Å². The van der Waals surface area contributed by atoms with E-state index in [4.69, 9.17) is 0 Å². The Labute approximate surface area is 103 Å². The van der Waals surface area contributed by atoms with E-state index in [1.54, 1.807) is 4.88 Å². The minimum absolute atomic E-state index is 0.439. The van der Waals surface area contributed by atoms with Crippen LogP contribution < -0.4 is 5.32 Å². The van der Waals surface area contributed by atoms with Gasteiger partial charge in [0.25, 0.3) is 0 Å². The van der Waals surface area contributed by atoms with Crippen LogP contribution in [0.3, 0.4) is 0 Å². The van der Waals surface area contributed by atoms with Gasteiger partial charge in [-0.2, -0.15) is 0 Å². The van der Waals surface area contributed by atoms with Crippen LogP contribution in [0.2, 0.25) is 0 Å². The zero-order valence-electron chi connectivity index (χ0n) is 10.7. The summed E-state index contributed by atoms with van der Waals surface area (Å²) in [6, 6.07) is 4.51. The lowest BCUT2D eigenvalue weighted by Gasteiger charge is -2.56. The molecule has 1 aliphatic carbocycles. The van der Waals surface area contributed by atoms with Gasteiger partial charge in [0.1, 0.15) is 0 Å². The van der Waals surface area contributed by atoms with E-state index in [2.05, 4.69) is 43.7 Å². The Kier molecular flexibility index (Phi) is 3.41. The van der Waals surface area contributed by atoms with Gasteiger partial charge in [-0.15, -0.1) is 11.3 Å². The third kappa shape index (κ3) is 1.82. The van der Waals surface area contributed by atoms with Crippen LogP contribution in [0.1, 0.15) is 44.4 Å². The summed E-state index contributed by atoms with van der Waals surface area (Å²) < 4.78 is 0. The van der Waals surface area contributed by atoms with E-state index in [9.17, 15) is 0 Å². The zero-order chi connectivity index (χ0) is 11.6. The lowest BCUT2D eigenvalue weighted by Crippen LogP contribution is -2.53. The fourth-order valence-electron chi connectivity index (χ4n) is 3.44. The second-order valence-corrected chi connectivity index (χ2v) is 6.30. The highest BCUT2D eigenvalue weighted by Gasteiger charge is 2.53. The molecule has 0 unspecified atom stereocenters. The van der Waals surface area contributed by atoms with Gasteiger partial charge in [0.15, 0.2) is 0 Å². The van der Waals surface area contributed by atoms with Crippen LogP contribution in [-0.2, 0) is 5.41 Å². The van der Waals surface area contributed by atoms with E-state index >= 15 is 0 Å². The van der Waals surface area contributed by atoms with Crippen molar-refractivity contribution >= 4 is 11.3 Å². The maximum absolute atomic E-state index is 3.39. The summed E-state index contributed by atoms with van der Waals surface area (Å²) in [6.45, 7) is 5.83. The summed E-state index contributed by atoms with van der Waals surface area (Å²) in [4.78, 5) is 1.58. The van der Waals surface area contributed by atoms with Crippen molar-refractivity contribution < 1.29 is 0 Å². The van der Waals surface area contributed by atoms with Crippen molar-refractivity contribution in [1.82, 2.24) is 5.32 Å². The van der Waals surface area contributed by atoms with Crippen LogP contribution in [0.15, 0.2) is 17.5 Å². The number of nitrogens with one attached hydrogen (secondary N) is 1. The molecule has 1 fully saturated rings. The molecule has 16 heavy (non-hydrogen) atoms. The molecule has 2 heteroatoms. The number of likely N-dealkylation sites (N-methyl/N-ethyl adjacent to an activating group) is 1. The molecule has 0 amide bonds. The third-order valence-electron chi connectivity index (χ3n) is 4.49. The van der Waals surface area contributed by atoms with Crippen molar-refractivity contribution in [2.24, 2.45) is 5.41 Å². The van der Waals surface area contributed by atoms with Crippen molar-refractivity contribution in [3.05, 3.63) is 22.4 Å². The summed E-state index contributed by atoms with van der Waals surface area (Å²) in [7, 11) is 2.08. The summed E-state index contributed by atoms with van der Waals surface area (Å²) in [5, 5.41) is 5.60. The molecule has 0 atom stereocenters. The van der Waals surface area contributed by atoms with E-state index in [1.807, 2.05) is 11.3 Å². The Morgan fingerprint density at radius 3 is 2.44 bits per heavy atom. The highest BCUT2D eigenvalue weighted by Crippen LogP contribution is 2.59. The summed E-state index contributed by atoms with van der Waals surface area (Å²) in [5.41, 5.74) is 1.07. The molecule has 0 spiro atoms. The molecule has 1 nitrogen and oxygen atoms in total. The topological polar surface area (TPSA) is 12.0 Å². The van der Waals surface area contributed by atoms with E-state index in [0.29, 0.717) is 10.8 Å². The molecule has 1 N–H and O–H groups in total. The molecule has 0 saturated heterocycles. The van der Waals surface area contributed by atoms with Gasteiger partial charge in [-0.25, -0.2) is 0 Å². The minimum atomic E-state index is 0.439. The van der Waals surface area contributed by atoms with E-state index in [-0.39, 0.29) is 0 Å². The van der Waals surface area contributed by atoms with Gasteiger partial charge >= 0.3 is 0 Å². The van der Waals surface area contributed by atoms with Crippen LogP contribution in [0.4, 0.5) is 0 Å². The van der Waals surface area contributed by atoms with E-state index in [0.717, 1.165) is 6.54 Å². The Hall–Kier alpha value is -0.340. The van der Waals surface area contributed by atoms with Crippen LogP contribution in [0, 0.1) is 5.41 Å². The Balaban J connectivity index is 2.17. The molecule has 1 aromatic rings. The van der Waals surface area contributed by atoms with Crippen LogP contribution >= 0.6 is 11.3 Å². The quantitative estimate of drug-likeness (QED) is 0.821. The van der Waals surface area contributed by atoms with Crippen LogP contribution in [0.25, 0.3) is 0 Å². The SMILES string of the molecule is CCC1(CC)CC(CNC)(c2cccs2)C1. The van der Waals surface area contributed by atoms with E-state index < -0.39 is 0 Å². The number of hydrogen-bond acceptors (Lipinski definition) is 2. The molecule has 0 aromatic carbocycles. The Morgan fingerprint density at radius 2 is 2.00 bits per heavy atom. The van der Waals surface area contributed by atoms with Crippen molar-refractivity contribution in [3.8, 4) is 0 Å². The Bertz CT molecular complexity index is 317. The molecule has 1 aliphatic rings. The molecule has 1 saturated carbocycles. The average molecular weight is 237 g/mol. The third-order valence-corrected chi connectivity index (χ3v) is 5.60. The first kappa shape index (κ1) is 12.1. The summed E-state index contributed by atoms with van der Waals surface area (Å²) >= 11 is 1.93. The maximum atomic E-state index is 3.39. The molecular weight excluding hydrogens is 214 g/mol. The highest BCUT2D eigenvalue weighted by molar-refractivity contribution is 7.10. The van der Waals surface area contributed by atoms with Crippen molar-refractivity contribution in [2.45, 2.75) is 44.9 Å². The molecule has 0 radical (unpaired) electrons. The maximum Gasteiger partial charge on any atom is 0.0182 e. The summed E-state index contributed by atoms with van der Waals surface area (Å²) in [5.74, 6) is 0. The van der Waals surface area contributed by atoms with Gasteiger partial charge < -0.3 is 5.32 Å². The lowest BCUT2D eigenvalue weighted by atomic mass is 9.50. The molecule has 1 heterocycles. The Morgan fingerprint density at radius 1 is 1.31 bits per heavy atom. The predicted molar refractivity (Wildman–Crippen MR) is 72.2 cm³/mol. The molecule has 2 rings (SSSR count). The smallest absolute Gasteiger partial charge is 0.0182 e. The molecule has 90 valence electrons. The van der Waals surface area contributed by atoms with Crippen LogP contribution in [-0.4, -0.2) is 13.6 Å². The van der Waals surface area contributed by atoms with Crippen molar-refractivity contribution in [3.63, 3.8) is 0 Å². The van der Waals surface area contributed by atoms with Gasteiger partial charge in [0.2, 0.25) is 0 Å². The molecular formula is C14H23NS. The second kappa shape index (κ2) is 4.50. The normalized spacial score (nSPS) is 21.7. The first-order valence-corrected chi connectivity index (χ1v) is 7.27. The van der Waals surface area contributed by atoms with Crippen molar-refractivity contribution in [1.29, 1.82) is 0 Å². The van der Waals surface area contributed by atoms with Gasteiger partial charge in [-0.3, -0.25) is 0 Å². The highest BCUT2D eigenvalue weighted by atomic mass is 32.1.